The van der Waals surface area contributed by atoms with Crippen molar-refractivity contribution in [1.29, 1.82) is 0 Å². The molecule has 0 aliphatic carbocycles. The summed E-state index contributed by atoms with van der Waals surface area (Å²) < 4.78 is 28.4. The van der Waals surface area contributed by atoms with E-state index in [2.05, 4.69) is 4.72 Å². The minimum Gasteiger partial charge on any atom is -0.477 e. The molecule has 6 nitrogen and oxygen atoms in total. The number of hydrogen-bond donors (Lipinski definition) is 2. The third kappa shape index (κ3) is 3.83. The molecule has 0 fully saturated rings. The lowest BCUT2D eigenvalue weighted by atomic mass is 10.2. The van der Waals surface area contributed by atoms with Crippen LogP contribution in [0.3, 0.4) is 0 Å². The lowest BCUT2D eigenvalue weighted by Gasteiger charge is -2.12. The highest BCUT2D eigenvalue weighted by atomic mass is 32.2. The highest BCUT2D eigenvalue weighted by Gasteiger charge is 2.23. The molecule has 1 aromatic rings. The van der Waals surface area contributed by atoms with E-state index in [1.54, 1.807) is 20.8 Å². The summed E-state index contributed by atoms with van der Waals surface area (Å²) in [7, 11) is -3.68. The molecule has 0 amide bonds. The number of hydrogen-bond acceptors (Lipinski definition) is 3. The first-order valence-electron chi connectivity index (χ1n) is 6.66. The second-order valence-electron chi connectivity index (χ2n) is 5.18. The average molecular weight is 302 g/mol. The summed E-state index contributed by atoms with van der Waals surface area (Å²) in [4.78, 5) is 11.1. The van der Waals surface area contributed by atoms with Crippen molar-refractivity contribution in [3.63, 3.8) is 0 Å². The largest absolute Gasteiger partial charge is 0.477 e. The zero-order valence-corrected chi connectivity index (χ0v) is 13.1. The fourth-order valence-corrected chi connectivity index (χ4v) is 3.33. The highest BCUT2D eigenvalue weighted by Crippen LogP contribution is 2.19. The molecule has 0 aliphatic heterocycles. The Kier molecular flexibility index (Phi) is 5.35. The normalized spacial score (nSPS) is 13.7. The Labute approximate surface area is 119 Å². The monoisotopic (exact) mass is 302 g/mol. The van der Waals surface area contributed by atoms with E-state index in [9.17, 15) is 13.2 Å². The number of nitrogens with zero attached hydrogens (tertiary/aromatic N) is 1. The first-order valence-corrected chi connectivity index (χ1v) is 8.14. The van der Waals surface area contributed by atoms with E-state index in [4.69, 9.17) is 5.11 Å². The Balaban J connectivity index is 3.13. The molecular formula is C13H22N2O4S. The maximum absolute atomic E-state index is 12.2. The van der Waals surface area contributed by atoms with Crippen molar-refractivity contribution in [3.05, 3.63) is 18.0 Å². The van der Waals surface area contributed by atoms with Gasteiger partial charge in [-0.3, -0.25) is 0 Å². The van der Waals surface area contributed by atoms with Gasteiger partial charge in [-0.25, -0.2) is 17.9 Å². The number of carboxylic acids is 1. The van der Waals surface area contributed by atoms with E-state index in [0.717, 1.165) is 12.8 Å². The maximum atomic E-state index is 12.2. The molecular weight excluding hydrogens is 280 g/mol. The lowest BCUT2D eigenvalue weighted by molar-refractivity contribution is 0.0683. The van der Waals surface area contributed by atoms with Crippen LogP contribution < -0.4 is 4.72 Å². The molecule has 0 bridgehead atoms. The lowest BCUT2D eigenvalue weighted by Crippen LogP contribution is -2.32. The molecule has 0 saturated heterocycles. The quantitative estimate of drug-likeness (QED) is 0.808. The van der Waals surface area contributed by atoms with E-state index in [-0.39, 0.29) is 22.7 Å². The zero-order valence-electron chi connectivity index (χ0n) is 12.3. The predicted molar refractivity (Wildman–Crippen MR) is 76.5 cm³/mol. The first-order chi connectivity index (χ1) is 9.19. The Morgan fingerprint density at radius 3 is 2.40 bits per heavy atom. The van der Waals surface area contributed by atoms with Crippen molar-refractivity contribution in [2.75, 3.05) is 0 Å². The van der Waals surface area contributed by atoms with E-state index < -0.39 is 16.0 Å². The maximum Gasteiger partial charge on any atom is 0.352 e. The molecule has 0 saturated carbocycles. The number of carbonyl (C=O) groups is 1. The van der Waals surface area contributed by atoms with Gasteiger partial charge in [0.15, 0.2) is 0 Å². The molecule has 1 atom stereocenters. The van der Waals surface area contributed by atoms with E-state index in [0.29, 0.717) is 0 Å². The Hall–Kier alpha value is -1.34. The van der Waals surface area contributed by atoms with Gasteiger partial charge in [0.05, 0.1) is 0 Å². The van der Waals surface area contributed by atoms with Crippen molar-refractivity contribution >= 4 is 16.0 Å². The van der Waals surface area contributed by atoms with Crippen molar-refractivity contribution in [1.82, 2.24) is 9.29 Å². The molecule has 0 aromatic carbocycles. The van der Waals surface area contributed by atoms with Crippen molar-refractivity contribution < 1.29 is 18.3 Å². The SMILES string of the molecule is CCCC(C)NS(=O)(=O)c1cc(C(=O)O)n(C(C)C)c1. The minimum absolute atomic E-state index is 0.00782. The van der Waals surface area contributed by atoms with Crippen molar-refractivity contribution in [2.24, 2.45) is 0 Å². The summed E-state index contributed by atoms with van der Waals surface area (Å²) in [6.07, 6.45) is 2.97. The number of aromatic carboxylic acids is 1. The third-order valence-corrected chi connectivity index (χ3v) is 4.54. The predicted octanol–water partition coefficient (Wildman–Crippen LogP) is 2.23. The Morgan fingerprint density at radius 1 is 1.40 bits per heavy atom. The molecule has 1 unspecified atom stereocenters. The van der Waals surface area contributed by atoms with Crippen LogP contribution in [0.25, 0.3) is 0 Å². The van der Waals surface area contributed by atoms with Gasteiger partial charge >= 0.3 is 5.97 Å². The number of nitrogens with one attached hydrogen (secondary N) is 1. The van der Waals surface area contributed by atoms with Gasteiger partial charge in [0, 0.05) is 18.3 Å². The van der Waals surface area contributed by atoms with Gasteiger partial charge in [0.1, 0.15) is 10.6 Å². The minimum atomic E-state index is -3.68. The second kappa shape index (κ2) is 6.41. The number of carboxylic acid groups (broad SMARTS) is 1. The smallest absolute Gasteiger partial charge is 0.352 e. The van der Waals surface area contributed by atoms with Crippen LogP contribution in [-0.2, 0) is 10.0 Å². The van der Waals surface area contributed by atoms with Crippen LogP contribution in [0.1, 0.15) is 57.1 Å². The van der Waals surface area contributed by atoms with Crippen LogP contribution in [0, 0.1) is 0 Å². The van der Waals surface area contributed by atoms with Crippen LogP contribution >= 0.6 is 0 Å². The van der Waals surface area contributed by atoms with Gasteiger partial charge in [-0.15, -0.1) is 0 Å². The van der Waals surface area contributed by atoms with Crippen LogP contribution in [0.15, 0.2) is 17.2 Å². The molecule has 114 valence electrons. The van der Waals surface area contributed by atoms with Crippen LogP contribution in [0.4, 0.5) is 0 Å². The molecule has 0 spiro atoms. The van der Waals surface area contributed by atoms with Crippen LogP contribution in [0.5, 0.6) is 0 Å². The molecule has 20 heavy (non-hydrogen) atoms. The summed E-state index contributed by atoms with van der Waals surface area (Å²) in [5, 5.41) is 9.12. The van der Waals surface area contributed by atoms with E-state index in [1.807, 2.05) is 6.92 Å². The summed E-state index contributed by atoms with van der Waals surface area (Å²) in [5.41, 5.74) is -0.0245. The molecule has 1 aromatic heterocycles. The second-order valence-corrected chi connectivity index (χ2v) is 6.89. The Morgan fingerprint density at radius 2 is 2.00 bits per heavy atom. The molecule has 0 radical (unpaired) electrons. The summed E-state index contributed by atoms with van der Waals surface area (Å²) in [6.45, 7) is 7.37. The average Bonchev–Trinajstić information content (AvgIpc) is 2.73. The first kappa shape index (κ1) is 16.7. The standard InChI is InChI=1S/C13H22N2O4S/c1-5-6-10(4)14-20(18,19)11-7-12(13(16)17)15(8-11)9(2)3/h7-10,14H,5-6H2,1-4H3,(H,16,17). The van der Waals surface area contributed by atoms with Crippen LogP contribution in [-0.4, -0.2) is 30.1 Å². The fourth-order valence-electron chi connectivity index (χ4n) is 2.02. The molecule has 0 aliphatic rings. The molecule has 1 heterocycles. The number of sulfonamides is 1. The molecule has 2 N–H and O–H groups in total. The van der Waals surface area contributed by atoms with Crippen molar-refractivity contribution in [2.45, 2.75) is 57.5 Å². The fraction of sp³-hybridized carbons (Fsp3) is 0.615. The molecule has 7 heteroatoms. The van der Waals surface area contributed by atoms with Gasteiger partial charge in [0.25, 0.3) is 0 Å². The third-order valence-electron chi connectivity index (χ3n) is 2.99. The Bertz CT molecular complexity index is 575. The van der Waals surface area contributed by atoms with Gasteiger partial charge in [-0.2, -0.15) is 0 Å². The van der Waals surface area contributed by atoms with Gasteiger partial charge in [0.2, 0.25) is 10.0 Å². The summed E-state index contributed by atoms with van der Waals surface area (Å²) in [6, 6.07) is 0.891. The van der Waals surface area contributed by atoms with Gasteiger partial charge < -0.3 is 9.67 Å². The molecule has 1 rings (SSSR count). The number of rotatable bonds is 7. The van der Waals surface area contributed by atoms with Gasteiger partial charge in [-0.05, 0) is 33.3 Å². The topological polar surface area (TPSA) is 88.4 Å². The van der Waals surface area contributed by atoms with E-state index in [1.165, 1.54) is 16.8 Å². The number of aromatic nitrogens is 1. The van der Waals surface area contributed by atoms with Gasteiger partial charge in [-0.1, -0.05) is 13.3 Å². The summed E-state index contributed by atoms with van der Waals surface area (Å²) in [5.74, 6) is -1.14. The summed E-state index contributed by atoms with van der Waals surface area (Å²) >= 11 is 0. The van der Waals surface area contributed by atoms with E-state index >= 15 is 0 Å². The zero-order chi connectivity index (χ0) is 15.5. The van der Waals surface area contributed by atoms with Crippen LogP contribution in [0.2, 0.25) is 0 Å². The van der Waals surface area contributed by atoms with Crippen molar-refractivity contribution in [3.8, 4) is 0 Å². The highest BCUT2D eigenvalue weighted by molar-refractivity contribution is 7.89.